The average Bonchev–Trinajstić information content (AvgIpc) is 3.58. The van der Waals surface area contributed by atoms with Crippen LogP contribution in [0, 0.1) is 5.92 Å². The Hall–Kier alpha value is -2.10. The Kier molecular flexibility index (Phi) is 5.43. The van der Waals surface area contributed by atoms with Gasteiger partial charge in [-0.15, -0.1) is 0 Å². The van der Waals surface area contributed by atoms with Crippen LogP contribution in [-0.4, -0.2) is 6.10 Å². The molecule has 1 aliphatic carbocycles. The van der Waals surface area contributed by atoms with Crippen molar-refractivity contribution in [3.8, 4) is 5.75 Å². The van der Waals surface area contributed by atoms with Crippen LogP contribution in [0.5, 0.6) is 5.75 Å². The summed E-state index contributed by atoms with van der Waals surface area (Å²) in [4.78, 5) is 0. The standard InChI is InChI=1S/C26H25BrO2/c27-22-10-8-20(9-11-22)26-24-13-12-23(28-16-19-4-2-1-3-5-19)15-21(24)17-29-25(26)14-18-6-7-18/h1-5,8-13,15,18,25-26H,6-7,14,16-17H2. The van der Waals surface area contributed by atoms with Gasteiger partial charge in [0.1, 0.15) is 12.4 Å². The van der Waals surface area contributed by atoms with Crippen molar-refractivity contribution in [2.45, 2.75) is 44.5 Å². The number of fused-ring (bicyclic) bond motifs is 1. The van der Waals surface area contributed by atoms with Crippen molar-refractivity contribution in [3.63, 3.8) is 0 Å². The van der Waals surface area contributed by atoms with Gasteiger partial charge in [0.05, 0.1) is 12.7 Å². The summed E-state index contributed by atoms with van der Waals surface area (Å²) in [6.07, 6.45) is 4.12. The molecule has 3 aromatic rings. The quantitative estimate of drug-likeness (QED) is 0.409. The zero-order valence-electron chi connectivity index (χ0n) is 16.4. The lowest BCUT2D eigenvalue weighted by Gasteiger charge is -2.34. The van der Waals surface area contributed by atoms with E-state index >= 15 is 0 Å². The third kappa shape index (κ3) is 4.41. The minimum absolute atomic E-state index is 0.257. The maximum absolute atomic E-state index is 6.40. The molecule has 0 saturated heterocycles. The Morgan fingerprint density at radius 1 is 0.931 bits per heavy atom. The minimum atomic E-state index is 0.257. The van der Waals surface area contributed by atoms with Crippen LogP contribution in [0.2, 0.25) is 0 Å². The average molecular weight is 449 g/mol. The Morgan fingerprint density at radius 2 is 1.72 bits per heavy atom. The Balaban J connectivity index is 1.41. The summed E-state index contributed by atoms with van der Waals surface area (Å²) in [5.41, 5.74) is 5.14. The molecule has 5 rings (SSSR count). The minimum Gasteiger partial charge on any atom is -0.489 e. The van der Waals surface area contributed by atoms with Crippen molar-refractivity contribution in [1.82, 2.24) is 0 Å². The lowest BCUT2D eigenvalue weighted by atomic mass is 9.80. The molecule has 0 radical (unpaired) electrons. The molecule has 0 N–H and O–H groups in total. The number of benzene rings is 3. The Labute approximate surface area is 181 Å². The van der Waals surface area contributed by atoms with Gasteiger partial charge >= 0.3 is 0 Å². The zero-order chi connectivity index (χ0) is 19.6. The molecule has 3 aromatic carbocycles. The molecule has 1 saturated carbocycles. The van der Waals surface area contributed by atoms with Crippen molar-refractivity contribution in [3.05, 3.63) is 99.5 Å². The second kappa shape index (κ2) is 8.33. The van der Waals surface area contributed by atoms with Crippen LogP contribution in [0.1, 0.15) is 47.4 Å². The van der Waals surface area contributed by atoms with E-state index in [0.29, 0.717) is 13.2 Å². The van der Waals surface area contributed by atoms with Crippen molar-refractivity contribution < 1.29 is 9.47 Å². The number of rotatable bonds is 6. The lowest BCUT2D eigenvalue weighted by molar-refractivity contribution is 0.00758. The summed E-state index contributed by atoms with van der Waals surface area (Å²) in [6, 6.07) is 25.6. The summed E-state index contributed by atoms with van der Waals surface area (Å²) >= 11 is 3.56. The van der Waals surface area contributed by atoms with E-state index in [-0.39, 0.29) is 12.0 Å². The molecule has 148 valence electrons. The lowest BCUT2D eigenvalue weighted by Crippen LogP contribution is -2.29. The number of hydrogen-bond donors (Lipinski definition) is 0. The SMILES string of the molecule is Brc1ccc(C2c3ccc(OCc4ccccc4)cc3COC2CC2CC2)cc1. The summed E-state index contributed by atoms with van der Waals surface area (Å²) in [6.45, 7) is 1.25. The van der Waals surface area contributed by atoms with Gasteiger partial charge in [-0.1, -0.05) is 77.3 Å². The Bertz CT molecular complexity index is 964. The van der Waals surface area contributed by atoms with Crippen LogP contribution in [0.3, 0.4) is 0 Å². The molecule has 2 nitrogen and oxygen atoms in total. The van der Waals surface area contributed by atoms with Crippen molar-refractivity contribution in [2.24, 2.45) is 5.92 Å². The van der Waals surface area contributed by atoms with Gasteiger partial charge in [-0.05, 0) is 58.9 Å². The normalized spacial score (nSPS) is 20.9. The maximum Gasteiger partial charge on any atom is 0.120 e. The van der Waals surface area contributed by atoms with Gasteiger partial charge in [-0.3, -0.25) is 0 Å². The molecule has 3 heteroatoms. The molecule has 29 heavy (non-hydrogen) atoms. The topological polar surface area (TPSA) is 18.5 Å². The Morgan fingerprint density at radius 3 is 2.48 bits per heavy atom. The van der Waals surface area contributed by atoms with Gasteiger partial charge in [-0.2, -0.15) is 0 Å². The van der Waals surface area contributed by atoms with Crippen LogP contribution in [-0.2, 0) is 18.0 Å². The second-order valence-electron chi connectivity index (χ2n) is 8.19. The summed E-state index contributed by atoms with van der Waals surface area (Å²) in [7, 11) is 0. The van der Waals surface area contributed by atoms with Crippen molar-refractivity contribution in [1.29, 1.82) is 0 Å². The van der Waals surface area contributed by atoms with Gasteiger partial charge in [0.2, 0.25) is 0 Å². The van der Waals surface area contributed by atoms with Crippen molar-refractivity contribution in [2.75, 3.05) is 0 Å². The molecule has 2 atom stereocenters. The summed E-state index contributed by atoms with van der Waals surface area (Å²) in [5, 5.41) is 0. The van der Waals surface area contributed by atoms with E-state index in [0.717, 1.165) is 22.6 Å². The maximum atomic E-state index is 6.40. The van der Waals surface area contributed by atoms with E-state index in [2.05, 4.69) is 70.5 Å². The fourth-order valence-electron chi connectivity index (χ4n) is 4.29. The van der Waals surface area contributed by atoms with E-state index in [9.17, 15) is 0 Å². The van der Waals surface area contributed by atoms with Crippen LogP contribution < -0.4 is 4.74 Å². The highest BCUT2D eigenvalue weighted by atomic mass is 79.9. The molecule has 1 heterocycles. The molecular weight excluding hydrogens is 424 g/mol. The van der Waals surface area contributed by atoms with Crippen molar-refractivity contribution >= 4 is 15.9 Å². The number of ether oxygens (including phenoxy) is 2. The highest BCUT2D eigenvalue weighted by Gasteiger charge is 2.36. The summed E-state index contributed by atoms with van der Waals surface area (Å²) in [5.74, 6) is 2.04. The van der Waals surface area contributed by atoms with E-state index in [1.165, 1.54) is 35.1 Å². The fraction of sp³-hybridized carbons (Fsp3) is 0.308. The smallest absolute Gasteiger partial charge is 0.120 e. The van der Waals surface area contributed by atoms with Crippen LogP contribution in [0.15, 0.2) is 77.3 Å². The molecule has 2 unspecified atom stereocenters. The molecule has 0 aromatic heterocycles. The van der Waals surface area contributed by atoms with Gasteiger partial charge in [0.25, 0.3) is 0 Å². The highest BCUT2D eigenvalue weighted by molar-refractivity contribution is 9.10. The van der Waals surface area contributed by atoms with E-state index in [1.54, 1.807) is 0 Å². The third-order valence-corrected chi connectivity index (χ3v) is 6.54. The van der Waals surface area contributed by atoms with Crippen LogP contribution in [0.4, 0.5) is 0 Å². The predicted octanol–water partition coefficient (Wildman–Crippen LogP) is 6.86. The number of halogens is 1. The zero-order valence-corrected chi connectivity index (χ0v) is 18.0. The van der Waals surface area contributed by atoms with Crippen LogP contribution in [0.25, 0.3) is 0 Å². The second-order valence-corrected chi connectivity index (χ2v) is 9.11. The van der Waals surface area contributed by atoms with E-state index < -0.39 is 0 Å². The van der Waals surface area contributed by atoms with Gasteiger partial charge in [0.15, 0.2) is 0 Å². The van der Waals surface area contributed by atoms with Gasteiger partial charge in [-0.25, -0.2) is 0 Å². The van der Waals surface area contributed by atoms with E-state index in [4.69, 9.17) is 9.47 Å². The fourth-order valence-corrected chi connectivity index (χ4v) is 4.55. The first-order chi connectivity index (χ1) is 14.3. The summed E-state index contributed by atoms with van der Waals surface area (Å²) < 4.78 is 13.6. The molecule has 0 amide bonds. The first kappa shape index (κ1) is 18.9. The monoisotopic (exact) mass is 448 g/mol. The first-order valence-corrected chi connectivity index (χ1v) is 11.2. The number of hydrogen-bond acceptors (Lipinski definition) is 2. The molecule has 1 aliphatic heterocycles. The van der Waals surface area contributed by atoms with E-state index in [1.807, 2.05) is 18.2 Å². The van der Waals surface area contributed by atoms with Gasteiger partial charge < -0.3 is 9.47 Å². The largest absolute Gasteiger partial charge is 0.489 e. The molecular formula is C26H25BrO2. The third-order valence-electron chi connectivity index (χ3n) is 6.01. The molecule has 0 spiro atoms. The molecule has 1 fully saturated rings. The van der Waals surface area contributed by atoms with Crippen LogP contribution >= 0.6 is 15.9 Å². The predicted molar refractivity (Wildman–Crippen MR) is 119 cm³/mol. The molecule has 0 bridgehead atoms. The highest BCUT2D eigenvalue weighted by Crippen LogP contribution is 2.44. The molecule has 2 aliphatic rings. The first-order valence-electron chi connectivity index (χ1n) is 10.4. The van der Waals surface area contributed by atoms with Gasteiger partial charge in [0, 0.05) is 10.4 Å².